The Morgan fingerprint density at radius 1 is 0.903 bits per heavy atom. The summed E-state index contributed by atoms with van der Waals surface area (Å²) < 4.78 is 16.8. The normalized spacial score (nSPS) is 26.1. The van der Waals surface area contributed by atoms with E-state index in [1.807, 2.05) is 0 Å². The van der Waals surface area contributed by atoms with E-state index in [-0.39, 0.29) is 28.2 Å². The topological polar surface area (TPSA) is 170 Å². The lowest BCUT2D eigenvalue weighted by Gasteiger charge is -2.38. The number of fused-ring (bicyclic) bond motifs is 1. The minimum absolute atomic E-state index is 0.0402. The molecule has 10 nitrogen and oxygen atoms in total. The quantitative estimate of drug-likeness (QED) is 0.348. The average Bonchev–Trinajstić information content (AvgIpc) is 2.72. The molecule has 2 heterocycles. The third-order valence-corrected chi connectivity index (χ3v) is 5.09. The zero-order valence-corrected chi connectivity index (χ0v) is 16.2. The summed E-state index contributed by atoms with van der Waals surface area (Å²) in [6, 6.07) is 7.66. The van der Waals surface area contributed by atoms with E-state index in [1.165, 1.54) is 31.2 Å². The molecule has 1 fully saturated rings. The van der Waals surface area contributed by atoms with E-state index in [0.717, 1.165) is 12.1 Å². The Morgan fingerprint density at radius 3 is 2.26 bits per heavy atom. The van der Waals surface area contributed by atoms with E-state index in [0.29, 0.717) is 5.56 Å². The van der Waals surface area contributed by atoms with Crippen molar-refractivity contribution in [2.75, 3.05) is 0 Å². The number of aliphatic hydroxyl groups is 3. The molecule has 0 saturated carbocycles. The molecule has 0 bridgehead atoms. The highest BCUT2D eigenvalue weighted by molar-refractivity contribution is 5.88. The second-order valence-electron chi connectivity index (χ2n) is 7.27. The molecule has 0 spiro atoms. The van der Waals surface area contributed by atoms with Crippen molar-refractivity contribution in [2.45, 2.75) is 37.6 Å². The fourth-order valence-electron chi connectivity index (χ4n) is 3.41. The number of phenols is 3. The van der Waals surface area contributed by atoms with E-state index in [9.17, 15) is 35.4 Å². The number of rotatable bonds is 3. The largest absolute Gasteiger partial charge is 0.508 e. The molecule has 1 saturated heterocycles. The Labute approximate surface area is 174 Å². The van der Waals surface area contributed by atoms with Crippen molar-refractivity contribution in [1.29, 1.82) is 0 Å². The third kappa shape index (κ3) is 3.66. The van der Waals surface area contributed by atoms with E-state index in [1.54, 1.807) is 0 Å². The molecule has 1 aliphatic rings. The molecular formula is C21H20O10. The number of aromatic hydroxyl groups is 3. The van der Waals surface area contributed by atoms with Gasteiger partial charge in [-0.05, 0) is 31.2 Å². The van der Waals surface area contributed by atoms with Crippen LogP contribution in [0.15, 0.2) is 45.6 Å². The van der Waals surface area contributed by atoms with E-state index in [4.69, 9.17) is 13.9 Å². The first-order valence-electron chi connectivity index (χ1n) is 9.36. The molecule has 6 N–H and O–H groups in total. The van der Waals surface area contributed by atoms with E-state index < -0.39 is 47.6 Å². The summed E-state index contributed by atoms with van der Waals surface area (Å²) >= 11 is 0. The summed E-state index contributed by atoms with van der Waals surface area (Å²) in [6.07, 6.45) is -7.11. The van der Waals surface area contributed by atoms with Crippen LogP contribution in [0, 0.1) is 0 Å². The van der Waals surface area contributed by atoms with Crippen LogP contribution in [0.4, 0.5) is 0 Å². The summed E-state index contributed by atoms with van der Waals surface area (Å²) in [6.45, 7) is 1.45. The molecule has 0 amide bonds. The fourth-order valence-corrected chi connectivity index (χ4v) is 3.41. The minimum Gasteiger partial charge on any atom is -0.508 e. The molecular weight excluding hydrogens is 412 g/mol. The van der Waals surface area contributed by atoms with Crippen LogP contribution in [0.25, 0.3) is 22.3 Å². The smallest absolute Gasteiger partial charge is 0.239 e. The second-order valence-corrected chi connectivity index (χ2v) is 7.27. The van der Waals surface area contributed by atoms with Crippen molar-refractivity contribution >= 4 is 11.0 Å². The molecule has 3 aromatic rings. The van der Waals surface area contributed by atoms with Gasteiger partial charge in [0.05, 0.1) is 6.10 Å². The van der Waals surface area contributed by atoms with Crippen LogP contribution >= 0.6 is 0 Å². The minimum atomic E-state index is -1.69. The van der Waals surface area contributed by atoms with Crippen molar-refractivity contribution in [1.82, 2.24) is 0 Å². The van der Waals surface area contributed by atoms with Crippen LogP contribution < -0.4 is 10.2 Å². The van der Waals surface area contributed by atoms with Gasteiger partial charge < -0.3 is 44.5 Å². The molecule has 164 valence electrons. The van der Waals surface area contributed by atoms with Crippen molar-refractivity contribution in [3.63, 3.8) is 0 Å². The molecule has 0 unspecified atom stereocenters. The number of ether oxygens (including phenoxy) is 2. The van der Waals surface area contributed by atoms with Gasteiger partial charge in [0.25, 0.3) is 0 Å². The SMILES string of the molecule is C[C@@H]1O[C@H](Oc2c(-c3ccc(O)cc3)oc3cc(O)cc(O)c3c2=O)[C@@H](O)[C@@H](O)[C@H]1O. The van der Waals surface area contributed by atoms with Crippen LogP contribution in [0.1, 0.15) is 6.92 Å². The number of phenolic OH excluding ortho intramolecular Hbond substituents is 3. The Hall–Kier alpha value is -3.31. The molecule has 5 atom stereocenters. The highest BCUT2D eigenvalue weighted by atomic mass is 16.7. The van der Waals surface area contributed by atoms with Crippen molar-refractivity contribution in [3.8, 4) is 34.3 Å². The van der Waals surface area contributed by atoms with Gasteiger partial charge in [-0.3, -0.25) is 4.79 Å². The van der Waals surface area contributed by atoms with Crippen LogP contribution in [-0.4, -0.2) is 61.3 Å². The van der Waals surface area contributed by atoms with Gasteiger partial charge in [0.15, 0.2) is 5.76 Å². The van der Waals surface area contributed by atoms with Gasteiger partial charge in [-0.25, -0.2) is 0 Å². The van der Waals surface area contributed by atoms with Gasteiger partial charge >= 0.3 is 0 Å². The molecule has 2 aromatic carbocycles. The van der Waals surface area contributed by atoms with Crippen molar-refractivity contribution in [2.24, 2.45) is 0 Å². The van der Waals surface area contributed by atoms with Crippen molar-refractivity contribution in [3.05, 3.63) is 46.6 Å². The van der Waals surface area contributed by atoms with Crippen LogP contribution in [-0.2, 0) is 4.74 Å². The molecule has 31 heavy (non-hydrogen) atoms. The van der Waals surface area contributed by atoms with Gasteiger partial charge in [0.2, 0.25) is 17.5 Å². The summed E-state index contributed by atoms with van der Waals surface area (Å²) in [5.74, 6) is -1.51. The lowest BCUT2D eigenvalue weighted by atomic mass is 10.00. The molecule has 1 aliphatic heterocycles. The molecule has 4 rings (SSSR count). The summed E-state index contributed by atoms with van der Waals surface area (Å²) in [5, 5.41) is 59.4. The first kappa shape index (κ1) is 20.9. The van der Waals surface area contributed by atoms with Crippen LogP contribution in [0.2, 0.25) is 0 Å². The average molecular weight is 432 g/mol. The third-order valence-electron chi connectivity index (χ3n) is 5.09. The molecule has 1 aromatic heterocycles. The van der Waals surface area contributed by atoms with Crippen LogP contribution in [0.3, 0.4) is 0 Å². The summed E-state index contributed by atoms with van der Waals surface area (Å²) in [4.78, 5) is 13.2. The maximum absolute atomic E-state index is 13.2. The summed E-state index contributed by atoms with van der Waals surface area (Å²) in [5.41, 5.74) is -0.661. The zero-order chi connectivity index (χ0) is 22.4. The van der Waals surface area contributed by atoms with E-state index >= 15 is 0 Å². The highest BCUT2D eigenvalue weighted by Gasteiger charge is 2.44. The van der Waals surface area contributed by atoms with Gasteiger partial charge in [-0.2, -0.15) is 0 Å². The number of benzene rings is 2. The second kappa shape index (κ2) is 7.75. The lowest BCUT2D eigenvalue weighted by molar-refractivity contribution is -0.268. The Morgan fingerprint density at radius 2 is 1.58 bits per heavy atom. The first-order chi connectivity index (χ1) is 14.7. The Kier molecular flexibility index (Phi) is 5.23. The van der Waals surface area contributed by atoms with Crippen molar-refractivity contribution < 1.29 is 44.5 Å². The zero-order valence-electron chi connectivity index (χ0n) is 16.2. The fraction of sp³-hybridized carbons (Fsp3) is 0.286. The maximum atomic E-state index is 13.2. The van der Waals surface area contributed by atoms with Gasteiger partial charge in [-0.15, -0.1) is 0 Å². The monoisotopic (exact) mass is 432 g/mol. The number of aliphatic hydroxyl groups excluding tert-OH is 3. The molecule has 0 aliphatic carbocycles. The first-order valence-corrected chi connectivity index (χ1v) is 9.36. The van der Waals surface area contributed by atoms with Gasteiger partial charge in [0, 0.05) is 17.7 Å². The molecule has 10 heteroatoms. The lowest BCUT2D eigenvalue weighted by Crippen LogP contribution is -2.58. The van der Waals surface area contributed by atoms with Gasteiger partial charge in [0.1, 0.15) is 46.5 Å². The van der Waals surface area contributed by atoms with Gasteiger partial charge in [-0.1, -0.05) is 0 Å². The number of hydrogen-bond donors (Lipinski definition) is 6. The predicted octanol–water partition coefficient (Wildman–Crippen LogP) is 0.783. The van der Waals surface area contributed by atoms with E-state index in [2.05, 4.69) is 0 Å². The number of hydrogen-bond acceptors (Lipinski definition) is 10. The Balaban J connectivity index is 1.90. The predicted molar refractivity (Wildman–Crippen MR) is 106 cm³/mol. The Bertz CT molecular complexity index is 1170. The highest BCUT2D eigenvalue weighted by Crippen LogP contribution is 2.37. The van der Waals surface area contributed by atoms with Crippen LogP contribution in [0.5, 0.6) is 23.0 Å². The maximum Gasteiger partial charge on any atom is 0.239 e. The molecule has 0 radical (unpaired) electrons. The summed E-state index contributed by atoms with van der Waals surface area (Å²) in [7, 11) is 0. The standard InChI is InChI=1S/C21H20O10/c1-8-15(25)17(27)18(28)21(29-8)31-20-16(26)14-12(24)6-11(23)7-13(14)30-19(20)9-2-4-10(22)5-3-9/h2-8,15,17-18,21-25,27-28H,1H3/t8-,15-,17-,18-,21+/m0/s1.